The molecular formula is C17H18N4O. The van der Waals surface area contributed by atoms with Crippen molar-refractivity contribution in [3.8, 4) is 0 Å². The van der Waals surface area contributed by atoms with Crippen LogP contribution in [0, 0.1) is 27.7 Å². The SMILES string of the molecule is Cc1ccc(NC(=O)c2cc(C)n3nc(C)cc3n2)c(C)c1. The summed E-state index contributed by atoms with van der Waals surface area (Å²) in [4.78, 5) is 16.8. The van der Waals surface area contributed by atoms with Crippen LogP contribution in [0.15, 0.2) is 30.3 Å². The summed E-state index contributed by atoms with van der Waals surface area (Å²) in [5.74, 6) is -0.212. The van der Waals surface area contributed by atoms with E-state index in [1.807, 2.05) is 52.0 Å². The lowest BCUT2D eigenvalue weighted by atomic mass is 10.1. The van der Waals surface area contributed by atoms with Gasteiger partial charge in [-0.3, -0.25) is 4.79 Å². The molecule has 0 spiro atoms. The molecule has 0 fully saturated rings. The third-order valence-corrected chi connectivity index (χ3v) is 3.59. The normalized spacial score (nSPS) is 10.9. The summed E-state index contributed by atoms with van der Waals surface area (Å²) in [5.41, 5.74) is 5.84. The quantitative estimate of drug-likeness (QED) is 0.789. The van der Waals surface area contributed by atoms with Gasteiger partial charge in [0.25, 0.3) is 5.91 Å². The zero-order valence-electron chi connectivity index (χ0n) is 13.1. The smallest absolute Gasteiger partial charge is 0.274 e. The number of benzene rings is 1. The minimum Gasteiger partial charge on any atom is -0.320 e. The van der Waals surface area contributed by atoms with E-state index in [1.54, 1.807) is 10.6 Å². The van der Waals surface area contributed by atoms with Crippen LogP contribution >= 0.6 is 0 Å². The van der Waals surface area contributed by atoms with Crippen LogP contribution in [0.4, 0.5) is 5.69 Å². The van der Waals surface area contributed by atoms with Crippen molar-refractivity contribution in [3.05, 3.63) is 58.5 Å². The molecule has 1 aromatic carbocycles. The highest BCUT2D eigenvalue weighted by Crippen LogP contribution is 2.17. The van der Waals surface area contributed by atoms with Gasteiger partial charge >= 0.3 is 0 Å². The molecule has 0 bridgehead atoms. The number of amides is 1. The number of anilines is 1. The molecule has 2 heterocycles. The van der Waals surface area contributed by atoms with Gasteiger partial charge in [-0.25, -0.2) is 9.50 Å². The Morgan fingerprint density at radius 1 is 1.09 bits per heavy atom. The van der Waals surface area contributed by atoms with Crippen molar-refractivity contribution in [1.82, 2.24) is 14.6 Å². The van der Waals surface area contributed by atoms with Crippen LogP contribution in [0.3, 0.4) is 0 Å². The van der Waals surface area contributed by atoms with Gasteiger partial charge in [-0.15, -0.1) is 0 Å². The van der Waals surface area contributed by atoms with Crippen molar-refractivity contribution in [2.75, 3.05) is 5.32 Å². The third kappa shape index (κ3) is 2.57. The Morgan fingerprint density at radius 2 is 1.86 bits per heavy atom. The van der Waals surface area contributed by atoms with Crippen molar-refractivity contribution in [3.63, 3.8) is 0 Å². The molecule has 3 rings (SSSR count). The summed E-state index contributed by atoms with van der Waals surface area (Å²) in [6.07, 6.45) is 0. The van der Waals surface area contributed by atoms with E-state index in [2.05, 4.69) is 15.4 Å². The minimum atomic E-state index is -0.212. The predicted molar refractivity (Wildman–Crippen MR) is 86.3 cm³/mol. The van der Waals surface area contributed by atoms with E-state index in [0.717, 1.165) is 22.6 Å². The predicted octanol–water partition coefficient (Wildman–Crippen LogP) is 3.22. The molecule has 0 aliphatic heterocycles. The maximum absolute atomic E-state index is 12.5. The lowest BCUT2D eigenvalue weighted by Gasteiger charge is -2.09. The van der Waals surface area contributed by atoms with E-state index in [4.69, 9.17) is 0 Å². The molecule has 3 aromatic rings. The first-order chi connectivity index (χ1) is 10.4. The topological polar surface area (TPSA) is 59.3 Å². The van der Waals surface area contributed by atoms with Gasteiger partial charge in [0.2, 0.25) is 0 Å². The third-order valence-electron chi connectivity index (χ3n) is 3.59. The monoisotopic (exact) mass is 294 g/mol. The average molecular weight is 294 g/mol. The number of fused-ring (bicyclic) bond motifs is 1. The number of aromatic nitrogens is 3. The van der Waals surface area contributed by atoms with E-state index in [1.165, 1.54) is 5.56 Å². The number of nitrogens with zero attached hydrogens (tertiary/aromatic N) is 3. The highest BCUT2D eigenvalue weighted by atomic mass is 16.1. The Hall–Kier alpha value is -2.69. The highest BCUT2D eigenvalue weighted by Gasteiger charge is 2.13. The summed E-state index contributed by atoms with van der Waals surface area (Å²) in [6.45, 7) is 7.82. The van der Waals surface area contributed by atoms with E-state index < -0.39 is 0 Å². The Morgan fingerprint density at radius 3 is 2.59 bits per heavy atom. The van der Waals surface area contributed by atoms with Crippen LogP contribution < -0.4 is 5.32 Å². The van der Waals surface area contributed by atoms with Crippen LogP contribution in [-0.4, -0.2) is 20.5 Å². The number of carbonyl (C=O) groups excluding carboxylic acids is 1. The van der Waals surface area contributed by atoms with Crippen molar-refractivity contribution >= 4 is 17.2 Å². The molecule has 112 valence electrons. The minimum absolute atomic E-state index is 0.212. The molecular weight excluding hydrogens is 276 g/mol. The molecule has 0 saturated heterocycles. The molecule has 0 atom stereocenters. The number of carbonyl (C=O) groups is 1. The van der Waals surface area contributed by atoms with Crippen molar-refractivity contribution in [2.45, 2.75) is 27.7 Å². The fourth-order valence-electron chi connectivity index (χ4n) is 2.50. The first kappa shape index (κ1) is 14.3. The van der Waals surface area contributed by atoms with E-state index in [9.17, 15) is 4.79 Å². The lowest BCUT2D eigenvalue weighted by molar-refractivity contribution is 0.102. The molecule has 0 unspecified atom stereocenters. The molecule has 0 saturated carbocycles. The first-order valence-corrected chi connectivity index (χ1v) is 7.16. The number of aryl methyl sites for hydroxylation is 4. The molecule has 22 heavy (non-hydrogen) atoms. The summed E-state index contributed by atoms with van der Waals surface area (Å²) in [7, 11) is 0. The standard InChI is InChI=1S/C17H18N4O/c1-10-5-6-14(11(2)7-10)19-17(22)15-9-13(4)21-16(18-15)8-12(3)20-21/h5-9H,1-4H3,(H,19,22). The van der Waals surface area contributed by atoms with Gasteiger partial charge in [0.05, 0.1) is 5.69 Å². The second-order valence-corrected chi connectivity index (χ2v) is 5.61. The van der Waals surface area contributed by atoms with Crippen LogP contribution in [0.1, 0.15) is 33.0 Å². The van der Waals surface area contributed by atoms with Crippen LogP contribution in [-0.2, 0) is 0 Å². The van der Waals surface area contributed by atoms with Gasteiger partial charge < -0.3 is 5.32 Å². The van der Waals surface area contributed by atoms with Gasteiger partial charge in [-0.1, -0.05) is 17.7 Å². The van der Waals surface area contributed by atoms with Crippen LogP contribution in [0.25, 0.3) is 5.65 Å². The summed E-state index contributed by atoms with van der Waals surface area (Å²) in [5, 5.41) is 7.26. The molecule has 0 aliphatic carbocycles. The maximum Gasteiger partial charge on any atom is 0.274 e. The van der Waals surface area contributed by atoms with Crippen molar-refractivity contribution < 1.29 is 4.79 Å². The average Bonchev–Trinajstić information content (AvgIpc) is 2.83. The van der Waals surface area contributed by atoms with E-state index >= 15 is 0 Å². The van der Waals surface area contributed by atoms with Crippen LogP contribution in [0.5, 0.6) is 0 Å². The zero-order chi connectivity index (χ0) is 15.9. The summed E-state index contributed by atoms with van der Waals surface area (Å²) < 4.78 is 1.74. The van der Waals surface area contributed by atoms with E-state index in [0.29, 0.717) is 11.3 Å². The Kier molecular flexibility index (Phi) is 3.41. The maximum atomic E-state index is 12.5. The van der Waals surface area contributed by atoms with Gasteiger partial charge in [-0.05, 0) is 45.4 Å². The Bertz CT molecular complexity index is 880. The van der Waals surface area contributed by atoms with Crippen molar-refractivity contribution in [2.24, 2.45) is 0 Å². The van der Waals surface area contributed by atoms with Gasteiger partial charge in [-0.2, -0.15) is 5.10 Å². The second kappa shape index (κ2) is 5.26. The zero-order valence-corrected chi connectivity index (χ0v) is 13.1. The summed E-state index contributed by atoms with van der Waals surface area (Å²) in [6, 6.07) is 9.54. The number of hydrogen-bond donors (Lipinski definition) is 1. The lowest BCUT2D eigenvalue weighted by Crippen LogP contribution is -2.16. The molecule has 0 aliphatic rings. The van der Waals surface area contributed by atoms with Crippen molar-refractivity contribution in [1.29, 1.82) is 0 Å². The highest BCUT2D eigenvalue weighted by molar-refractivity contribution is 6.03. The Balaban J connectivity index is 1.94. The fraction of sp³-hybridized carbons (Fsp3) is 0.235. The van der Waals surface area contributed by atoms with Crippen LogP contribution in [0.2, 0.25) is 0 Å². The molecule has 0 radical (unpaired) electrons. The molecule has 5 nitrogen and oxygen atoms in total. The Labute approximate surface area is 129 Å². The number of rotatable bonds is 2. The number of nitrogens with one attached hydrogen (secondary N) is 1. The summed E-state index contributed by atoms with van der Waals surface area (Å²) >= 11 is 0. The molecule has 1 N–H and O–H groups in total. The molecule has 2 aromatic heterocycles. The van der Waals surface area contributed by atoms with Gasteiger partial charge in [0.15, 0.2) is 5.65 Å². The largest absolute Gasteiger partial charge is 0.320 e. The van der Waals surface area contributed by atoms with E-state index in [-0.39, 0.29) is 5.91 Å². The first-order valence-electron chi connectivity index (χ1n) is 7.16. The second-order valence-electron chi connectivity index (χ2n) is 5.61. The fourth-order valence-corrected chi connectivity index (χ4v) is 2.50. The molecule has 1 amide bonds. The number of hydrogen-bond acceptors (Lipinski definition) is 3. The van der Waals surface area contributed by atoms with Gasteiger partial charge in [0, 0.05) is 17.4 Å². The molecule has 5 heteroatoms. The van der Waals surface area contributed by atoms with Gasteiger partial charge in [0.1, 0.15) is 5.69 Å².